The van der Waals surface area contributed by atoms with Gasteiger partial charge in [0.1, 0.15) is 61.0 Å². The number of allylic oxidation sites excluding steroid dienone is 1. The van der Waals surface area contributed by atoms with Crippen LogP contribution in [0.5, 0.6) is 0 Å². The van der Waals surface area contributed by atoms with Crippen LogP contribution in [0, 0.1) is 50.7 Å². The molecule has 0 bridgehead atoms. The van der Waals surface area contributed by atoms with E-state index in [2.05, 4.69) is 40.7 Å². The first-order valence-corrected chi connectivity index (χ1v) is 24.8. The van der Waals surface area contributed by atoms with Crippen molar-refractivity contribution in [3.05, 3.63) is 11.6 Å². The van der Waals surface area contributed by atoms with E-state index in [0.717, 1.165) is 24.8 Å². The molecule has 8 aliphatic rings. The molecule has 0 aromatic carbocycles. The normalized spacial score (nSPS) is 53.4. The minimum Gasteiger partial charge on any atom is -0.454 e. The van der Waals surface area contributed by atoms with Crippen molar-refractivity contribution in [2.45, 2.75) is 211 Å². The Morgan fingerprint density at radius 3 is 1.93 bits per heavy atom. The zero-order chi connectivity index (χ0) is 49.8. The maximum Gasteiger partial charge on any atom is 0.315 e. The van der Waals surface area contributed by atoms with Crippen LogP contribution < -0.4 is 0 Å². The number of hydrogen-bond donors (Lipinski definition) is 10. The van der Waals surface area contributed by atoms with Crippen LogP contribution in [0.15, 0.2) is 11.6 Å². The zero-order valence-electron chi connectivity index (χ0n) is 40.7. The van der Waals surface area contributed by atoms with Gasteiger partial charge < -0.3 is 84.2 Å². The van der Waals surface area contributed by atoms with Crippen molar-refractivity contribution in [3.63, 3.8) is 0 Å². The Balaban J connectivity index is 1.04. The molecule has 5 aliphatic carbocycles. The molecule has 19 heteroatoms. The van der Waals surface area contributed by atoms with Gasteiger partial charge in [-0.25, -0.2) is 0 Å². The molecule has 3 aliphatic heterocycles. The molecule has 24 atom stereocenters. The molecule has 0 unspecified atom stereocenters. The average molecular weight is 971 g/mol. The van der Waals surface area contributed by atoms with Gasteiger partial charge in [0, 0.05) is 12.8 Å². The molecular weight excluding hydrogens is 893 g/mol. The van der Waals surface area contributed by atoms with Gasteiger partial charge in [0.15, 0.2) is 18.7 Å². The highest BCUT2D eigenvalue weighted by atomic mass is 16.7. The van der Waals surface area contributed by atoms with E-state index >= 15 is 0 Å². The van der Waals surface area contributed by atoms with Crippen molar-refractivity contribution in [3.8, 4) is 0 Å². The van der Waals surface area contributed by atoms with Gasteiger partial charge in [0.25, 0.3) is 0 Å². The Morgan fingerprint density at radius 1 is 0.691 bits per heavy atom. The lowest BCUT2D eigenvalue weighted by Crippen LogP contribution is -2.68. The van der Waals surface area contributed by atoms with E-state index in [-0.39, 0.29) is 35.2 Å². The second-order valence-electron chi connectivity index (χ2n) is 23.3. The molecule has 68 heavy (non-hydrogen) atoms. The van der Waals surface area contributed by atoms with Crippen LogP contribution in [0.25, 0.3) is 0 Å². The number of hydrogen-bond acceptors (Lipinski definition) is 19. The van der Waals surface area contributed by atoms with E-state index in [1.807, 2.05) is 13.8 Å². The third-order valence-electron chi connectivity index (χ3n) is 19.6. The van der Waals surface area contributed by atoms with Crippen molar-refractivity contribution >= 4 is 11.9 Å². The monoisotopic (exact) mass is 971 g/mol. The van der Waals surface area contributed by atoms with Crippen molar-refractivity contribution in [2.75, 3.05) is 19.8 Å². The number of fused-ring (bicyclic) bond motifs is 7. The van der Waals surface area contributed by atoms with Gasteiger partial charge in [-0.2, -0.15) is 0 Å². The minimum absolute atomic E-state index is 0.141. The van der Waals surface area contributed by atoms with Gasteiger partial charge in [0.2, 0.25) is 6.29 Å². The molecule has 388 valence electrons. The number of rotatable bonds is 9. The SMILES string of the molecule is CC(=O)O[C@H]1[C@H](O[C@H]2CC[C@]3(C)[C@H]4CC=C5[C@H]6[C@](C(=O)O[C@@H]7O[C@H](CO)[C@@H](O)[C@H](O)[C@H]7O)(CC[C@@H](C)[C@@]6(C)O)CC[C@@]5(C)[C@]4(C)CC[C@H]3C2(C)C)OC[C@H](O)[C@@H]1O[C@@H]1O[C@H](CO)[C@H](O)[C@H](O)[C@H]1O. The highest BCUT2D eigenvalue weighted by Gasteiger charge is 2.72. The quantitative estimate of drug-likeness (QED) is 0.0846. The summed E-state index contributed by atoms with van der Waals surface area (Å²) in [5.74, 6) is -1.82. The number of aliphatic hydroxyl groups excluding tert-OH is 9. The van der Waals surface area contributed by atoms with E-state index in [1.165, 1.54) is 6.92 Å². The fraction of sp³-hybridized carbons (Fsp3) is 0.918. The summed E-state index contributed by atoms with van der Waals surface area (Å²) in [6.45, 7) is 14.8. The lowest BCUT2D eigenvalue weighted by molar-refractivity contribution is -0.357. The predicted molar refractivity (Wildman–Crippen MR) is 235 cm³/mol. The van der Waals surface area contributed by atoms with Gasteiger partial charge in [-0.05, 0) is 104 Å². The van der Waals surface area contributed by atoms with Gasteiger partial charge in [-0.1, -0.05) is 53.2 Å². The van der Waals surface area contributed by atoms with Crippen LogP contribution >= 0.6 is 0 Å². The zero-order valence-corrected chi connectivity index (χ0v) is 40.7. The Bertz CT molecular complexity index is 1890. The van der Waals surface area contributed by atoms with Gasteiger partial charge in [-0.15, -0.1) is 0 Å². The summed E-state index contributed by atoms with van der Waals surface area (Å²) in [5.41, 5.74) is -2.83. The van der Waals surface area contributed by atoms with E-state index < -0.39 is 145 Å². The van der Waals surface area contributed by atoms with Crippen LogP contribution in [0.4, 0.5) is 0 Å². The molecule has 7 fully saturated rings. The second-order valence-corrected chi connectivity index (χ2v) is 23.3. The molecule has 0 spiro atoms. The van der Waals surface area contributed by atoms with Crippen LogP contribution in [-0.4, -0.2) is 181 Å². The molecule has 0 radical (unpaired) electrons. The van der Waals surface area contributed by atoms with Crippen molar-refractivity contribution in [2.24, 2.45) is 50.7 Å². The Morgan fingerprint density at radius 2 is 1.31 bits per heavy atom. The first-order valence-electron chi connectivity index (χ1n) is 24.8. The summed E-state index contributed by atoms with van der Waals surface area (Å²) in [6, 6.07) is 0. The summed E-state index contributed by atoms with van der Waals surface area (Å²) < 4.78 is 41.8. The van der Waals surface area contributed by atoms with Crippen molar-refractivity contribution < 1.29 is 93.8 Å². The standard InChI is InChI=1S/C49H78O19/c1-22-11-16-49(43(60)68-41-36(59)34(57)32(55)27(20-51)65-41)18-17-46(6)24(39(49)48(22,8)61)9-10-29-45(5)14-13-30(44(3,4)28(45)12-15-47(29,46)7)66-42-38(63-23(2)52)37(25(53)21-62-42)67-40-35(58)33(56)31(54)26(19-50)64-40/h9,22,25-42,50-51,53-59,61H,10-21H2,1-8H3/t22-,25+,26-,27-,28+,29-,30+,31+,32-,33+,34+,35-,36-,37+,38-,39-,40+,41+,42+,45+,46-,47-,48-,49+/m1/s1. The van der Waals surface area contributed by atoms with Crippen LogP contribution in [0.3, 0.4) is 0 Å². The summed E-state index contributed by atoms with van der Waals surface area (Å²) in [6.07, 6.45) is -13.7. The summed E-state index contributed by atoms with van der Waals surface area (Å²) in [7, 11) is 0. The number of aliphatic hydroxyl groups is 10. The van der Waals surface area contributed by atoms with Crippen molar-refractivity contribution in [1.82, 2.24) is 0 Å². The minimum atomic E-state index is -1.77. The lowest BCUT2D eigenvalue weighted by Gasteiger charge is -2.72. The smallest absolute Gasteiger partial charge is 0.315 e. The highest BCUT2D eigenvalue weighted by molar-refractivity contribution is 5.79. The Hall–Kier alpha value is -1.92. The molecule has 0 aromatic heterocycles. The molecule has 8 rings (SSSR count). The summed E-state index contributed by atoms with van der Waals surface area (Å²) in [5, 5.41) is 107. The van der Waals surface area contributed by atoms with Gasteiger partial charge in [-0.3, -0.25) is 9.59 Å². The highest BCUT2D eigenvalue weighted by Crippen LogP contribution is 2.76. The predicted octanol–water partition coefficient (Wildman–Crippen LogP) is 0.321. The summed E-state index contributed by atoms with van der Waals surface area (Å²) >= 11 is 0. The Kier molecular flexibility index (Phi) is 14.3. The van der Waals surface area contributed by atoms with Crippen LogP contribution in [-0.2, 0) is 42.7 Å². The molecule has 4 saturated carbocycles. The second kappa shape index (κ2) is 18.5. The van der Waals surface area contributed by atoms with Gasteiger partial charge >= 0.3 is 11.9 Å². The molecule has 0 amide bonds. The van der Waals surface area contributed by atoms with E-state index in [1.54, 1.807) is 0 Å². The van der Waals surface area contributed by atoms with Crippen LogP contribution in [0.2, 0.25) is 0 Å². The van der Waals surface area contributed by atoms with Crippen molar-refractivity contribution in [1.29, 1.82) is 0 Å². The molecular formula is C49H78O19. The summed E-state index contributed by atoms with van der Waals surface area (Å²) in [4.78, 5) is 27.3. The van der Waals surface area contributed by atoms with E-state index in [4.69, 9.17) is 33.2 Å². The topological polar surface area (TPSA) is 301 Å². The maximum absolute atomic E-state index is 14.8. The number of carbonyl (C=O) groups excluding carboxylic acids is 2. The van der Waals surface area contributed by atoms with E-state index in [9.17, 15) is 60.7 Å². The molecule has 19 nitrogen and oxygen atoms in total. The average Bonchev–Trinajstić information content (AvgIpc) is 3.27. The molecule has 3 heterocycles. The number of ether oxygens (including phenoxy) is 7. The van der Waals surface area contributed by atoms with Gasteiger partial charge in [0.05, 0.1) is 36.9 Å². The fourth-order valence-corrected chi connectivity index (χ4v) is 15.3. The van der Waals surface area contributed by atoms with Crippen LogP contribution in [0.1, 0.15) is 113 Å². The number of carbonyl (C=O) groups is 2. The first kappa shape index (κ1) is 52.4. The third kappa shape index (κ3) is 8.04. The number of esters is 2. The molecule has 0 aromatic rings. The lowest BCUT2D eigenvalue weighted by atomic mass is 9.33. The Labute approximate surface area is 398 Å². The fourth-order valence-electron chi connectivity index (χ4n) is 15.3. The molecule has 3 saturated heterocycles. The first-order chi connectivity index (χ1) is 31.7. The molecule has 10 N–H and O–H groups in total. The maximum atomic E-state index is 14.8. The van der Waals surface area contributed by atoms with E-state index in [0.29, 0.717) is 38.5 Å². The largest absolute Gasteiger partial charge is 0.454 e. The third-order valence-corrected chi connectivity index (χ3v) is 19.6.